The van der Waals surface area contributed by atoms with E-state index in [1.165, 1.54) is 0 Å². The van der Waals surface area contributed by atoms with E-state index < -0.39 is 17.4 Å². The van der Waals surface area contributed by atoms with Gasteiger partial charge in [-0.3, -0.25) is 9.59 Å². The molecule has 0 aromatic carbocycles. The predicted molar refractivity (Wildman–Crippen MR) is 75.4 cm³/mol. The highest BCUT2D eigenvalue weighted by Crippen LogP contribution is 2.19. The van der Waals surface area contributed by atoms with E-state index in [0.29, 0.717) is 13.2 Å². The molecule has 8 nitrogen and oxygen atoms in total. The van der Waals surface area contributed by atoms with Gasteiger partial charge in [-0.2, -0.15) is 0 Å². The van der Waals surface area contributed by atoms with E-state index in [1.807, 2.05) is 0 Å². The number of aliphatic hydroxyl groups is 3. The summed E-state index contributed by atoms with van der Waals surface area (Å²) in [7, 11) is 0. The van der Waals surface area contributed by atoms with Crippen molar-refractivity contribution >= 4 is 11.8 Å². The number of hydrogen-bond acceptors (Lipinski definition) is 6. The van der Waals surface area contributed by atoms with Gasteiger partial charge < -0.3 is 30.7 Å². The summed E-state index contributed by atoms with van der Waals surface area (Å²) in [6, 6.07) is 0. The van der Waals surface area contributed by atoms with Gasteiger partial charge in [0.15, 0.2) is 0 Å². The number of hydrogen-bond donors (Lipinski definition) is 5. The maximum Gasteiger partial charge on any atom is 0.249 e. The van der Waals surface area contributed by atoms with Crippen LogP contribution in [0.4, 0.5) is 0 Å². The molecule has 0 saturated carbocycles. The first-order valence-corrected chi connectivity index (χ1v) is 6.87. The third kappa shape index (κ3) is 8.61. The molecule has 21 heavy (non-hydrogen) atoms. The summed E-state index contributed by atoms with van der Waals surface area (Å²) in [5.74, 6) is -0.869. The molecule has 2 amide bonds. The van der Waals surface area contributed by atoms with E-state index in [4.69, 9.17) is 14.9 Å². The molecule has 1 atom stereocenters. The first kappa shape index (κ1) is 19.8. The lowest BCUT2D eigenvalue weighted by Gasteiger charge is -2.27. The minimum Gasteiger partial charge on any atom is -0.396 e. The molecule has 0 saturated heterocycles. The summed E-state index contributed by atoms with van der Waals surface area (Å²) in [6.07, 6.45) is -1.25. The Kier molecular flexibility index (Phi) is 9.89. The summed E-state index contributed by atoms with van der Waals surface area (Å²) in [5, 5.41) is 32.3. The molecule has 0 aliphatic heterocycles. The maximum atomic E-state index is 11.6. The molecule has 124 valence electrons. The minimum absolute atomic E-state index is 0.0630. The molecule has 0 unspecified atom stereocenters. The van der Waals surface area contributed by atoms with E-state index in [9.17, 15) is 14.7 Å². The van der Waals surface area contributed by atoms with Crippen LogP contribution < -0.4 is 10.6 Å². The molecule has 0 aliphatic carbocycles. The highest BCUT2D eigenvalue weighted by Gasteiger charge is 2.32. The second-order valence-electron chi connectivity index (χ2n) is 5.28. The quantitative estimate of drug-likeness (QED) is 0.281. The Bertz CT molecular complexity index is 322. The van der Waals surface area contributed by atoms with Crippen LogP contribution in [0.25, 0.3) is 0 Å². The number of carbonyl (C=O) groups excluding carboxylic acids is 2. The Morgan fingerprint density at radius 1 is 1.14 bits per heavy atom. The van der Waals surface area contributed by atoms with Crippen molar-refractivity contribution < 1.29 is 29.6 Å². The molecule has 0 heterocycles. The van der Waals surface area contributed by atoms with Gasteiger partial charge in [-0.25, -0.2) is 0 Å². The number of rotatable bonds is 11. The highest BCUT2D eigenvalue weighted by atomic mass is 16.5. The van der Waals surface area contributed by atoms with Crippen molar-refractivity contribution in [2.24, 2.45) is 5.41 Å². The van der Waals surface area contributed by atoms with Crippen LogP contribution in [0.3, 0.4) is 0 Å². The summed E-state index contributed by atoms with van der Waals surface area (Å²) >= 11 is 0. The average Bonchev–Trinajstić information content (AvgIpc) is 2.46. The van der Waals surface area contributed by atoms with E-state index in [1.54, 1.807) is 13.8 Å². The fraction of sp³-hybridized carbons (Fsp3) is 0.846. The molecular weight excluding hydrogens is 280 g/mol. The largest absolute Gasteiger partial charge is 0.396 e. The second kappa shape index (κ2) is 10.5. The van der Waals surface area contributed by atoms with Crippen LogP contribution in [0.15, 0.2) is 0 Å². The van der Waals surface area contributed by atoms with Crippen molar-refractivity contribution in [3.8, 4) is 0 Å². The van der Waals surface area contributed by atoms with Crippen molar-refractivity contribution in [2.75, 3.05) is 39.5 Å². The monoisotopic (exact) mass is 306 g/mol. The second-order valence-corrected chi connectivity index (χ2v) is 5.28. The first-order chi connectivity index (χ1) is 9.85. The third-order valence-electron chi connectivity index (χ3n) is 2.85. The zero-order chi connectivity index (χ0) is 16.3. The van der Waals surface area contributed by atoms with Crippen molar-refractivity contribution in [3.63, 3.8) is 0 Å². The van der Waals surface area contributed by atoms with Crippen molar-refractivity contribution in [3.05, 3.63) is 0 Å². The van der Waals surface area contributed by atoms with E-state index >= 15 is 0 Å². The molecule has 0 spiro atoms. The van der Waals surface area contributed by atoms with Crippen LogP contribution in [-0.4, -0.2) is 72.8 Å². The predicted octanol–water partition coefficient (Wildman–Crippen LogP) is -2.00. The molecule has 0 fully saturated rings. The molecule has 0 aromatic heterocycles. The molecule has 0 aromatic rings. The fourth-order valence-corrected chi connectivity index (χ4v) is 1.35. The van der Waals surface area contributed by atoms with Gasteiger partial charge in [-0.1, -0.05) is 13.8 Å². The van der Waals surface area contributed by atoms with Gasteiger partial charge in [0, 0.05) is 24.9 Å². The number of carbonyl (C=O) groups is 2. The van der Waals surface area contributed by atoms with E-state index in [-0.39, 0.29) is 38.7 Å². The van der Waals surface area contributed by atoms with Gasteiger partial charge in [0.25, 0.3) is 0 Å². The molecule has 0 bridgehead atoms. The van der Waals surface area contributed by atoms with Crippen LogP contribution in [-0.2, 0) is 14.3 Å². The number of nitrogens with one attached hydrogen (secondary N) is 2. The SMILES string of the molecule is CC(C)(CO)[C@H](O)C(=O)NCCC(=O)NCCOCCO. The van der Waals surface area contributed by atoms with Gasteiger partial charge in [0.1, 0.15) is 6.10 Å². The Hall–Kier alpha value is -1.22. The molecule has 8 heteroatoms. The first-order valence-electron chi connectivity index (χ1n) is 6.87. The zero-order valence-corrected chi connectivity index (χ0v) is 12.6. The van der Waals surface area contributed by atoms with Crippen molar-refractivity contribution in [1.82, 2.24) is 10.6 Å². The Balaban J connectivity index is 3.78. The van der Waals surface area contributed by atoms with Crippen LogP contribution in [0, 0.1) is 5.41 Å². The van der Waals surface area contributed by atoms with Gasteiger partial charge in [0.05, 0.1) is 26.4 Å². The van der Waals surface area contributed by atoms with Gasteiger partial charge in [-0.15, -0.1) is 0 Å². The number of ether oxygens (including phenoxy) is 1. The normalized spacial score (nSPS) is 12.8. The lowest BCUT2D eigenvalue weighted by Crippen LogP contribution is -2.46. The van der Waals surface area contributed by atoms with Crippen molar-refractivity contribution in [2.45, 2.75) is 26.4 Å². The molecule has 0 radical (unpaired) electrons. The lowest BCUT2D eigenvalue weighted by molar-refractivity contribution is -0.137. The van der Waals surface area contributed by atoms with Crippen LogP contribution in [0.1, 0.15) is 20.3 Å². The highest BCUT2D eigenvalue weighted by molar-refractivity contribution is 5.82. The van der Waals surface area contributed by atoms with Crippen molar-refractivity contribution in [1.29, 1.82) is 0 Å². The van der Waals surface area contributed by atoms with Crippen LogP contribution in [0.2, 0.25) is 0 Å². The Morgan fingerprint density at radius 2 is 1.81 bits per heavy atom. The van der Waals surface area contributed by atoms with Gasteiger partial charge in [-0.05, 0) is 0 Å². The summed E-state index contributed by atoms with van der Waals surface area (Å²) < 4.78 is 4.97. The molecular formula is C13H26N2O6. The van der Waals surface area contributed by atoms with Gasteiger partial charge in [0.2, 0.25) is 11.8 Å². The standard InChI is InChI=1S/C13H26N2O6/c1-13(2,9-17)11(19)12(20)15-4-3-10(18)14-5-7-21-8-6-16/h11,16-17,19H,3-9H2,1-2H3,(H,14,18)(H,15,20)/t11-/m1/s1. The van der Waals surface area contributed by atoms with E-state index in [2.05, 4.69) is 10.6 Å². The topological polar surface area (TPSA) is 128 Å². The number of aliphatic hydroxyl groups excluding tert-OH is 3. The Labute approximate surface area is 124 Å². The molecule has 0 rings (SSSR count). The lowest BCUT2D eigenvalue weighted by atomic mass is 9.87. The molecule has 0 aliphatic rings. The number of amides is 2. The average molecular weight is 306 g/mol. The fourth-order valence-electron chi connectivity index (χ4n) is 1.35. The molecule has 5 N–H and O–H groups in total. The summed E-state index contributed by atoms with van der Waals surface area (Å²) in [6.45, 7) is 3.70. The van der Waals surface area contributed by atoms with Crippen LogP contribution in [0.5, 0.6) is 0 Å². The summed E-state index contributed by atoms with van der Waals surface area (Å²) in [4.78, 5) is 23.0. The smallest absolute Gasteiger partial charge is 0.249 e. The zero-order valence-electron chi connectivity index (χ0n) is 12.6. The Morgan fingerprint density at radius 3 is 2.38 bits per heavy atom. The van der Waals surface area contributed by atoms with Crippen LogP contribution >= 0.6 is 0 Å². The van der Waals surface area contributed by atoms with Gasteiger partial charge >= 0.3 is 0 Å². The van der Waals surface area contributed by atoms with E-state index in [0.717, 1.165) is 0 Å². The minimum atomic E-state index is -1.34. The summed E-state index contributed by atoms with van der Waals surface area (Å²) in [5.41, 5.74) is -0.934. The third-order valence-corrected chi connectivity index (χ3v) is 2.85. The maximum absolute atomic E-state index is 11.6.